The van der Waals surface area contributed by atoms with Gasteiger partial charge in [-0.3, -0.25) is 0 Å². The minimum Gasteiger partial charge on any atom is -0.490 e. The number of rotatable bonds is 9. The van der Waals surface area contributed by atoms with Gasteiger partial charge < -0.3 is 30.0 Å². The number of hydrogen-bond donors (Lipinski definition) is 3. The number of esters is 1. The minimum atomic E-state index is -1.36. The van der Waals surface area contributed by atoms with E-state index in [4.69, 9.17) is 14.2 Å². The quantitative estimate of drug-likeness (QED) is 0.372. The first-order valence-corrected chi connectivity index (χ1v) is 11.1. The van der Waals surface area contributed by atoms with Crippen LogP contribution in [0.25, 0.3) is 11.1 Å². The number of aliphatic hydroxyl groups excluding tert-OH is 1. The van der Waals surface area contributed by atoms with Crippen molar-refractivity contribution in [3.05, 3.63) is 42.6 Å². The fourth-order valence-corrected chi connectivity index (χ4v) is 2.73. The molecule has 0 bridgehead atoms. The van der Waals surface area contributed by atoms with Crippen LogP contribution in [0.5, 0.6) is 5.75 Å². The molecule has 1 atom stereocenters. The number of aromatic nitrogens is 1. The van der Waals surface area contributed by atoms with Gasteiger partial charge >= 0.3 is 12.1 Å². The molecule has 0 radical (unpaired) electrons. The molecule has 2 aromatic rings. The maximum atomic E-state index is 11.8. The molecule has 1 aromatic carbocycles. The molecule has 34 heavy (non-hydrogen) atoms. The highest BCUT2D eigenvalue weighted by atomic mass is 16.6. The van der Waals surface area contributed by atoms with E-state index in [-0.39, 0.29) is 6.61 Å². The molecule has 0 saturated carbocycles. The topological polar surface area (TPSA) is 119 Å². The van der Waals surface area contributed by atoms with Crippen molar-refractivity contribution >= 4 is 17.9 Å². The maximum absolute atomic E-state index is 11.8. The Morgan fingerprint density at radius 2 is 1.59 bits per heavy atom. The molecule has 0 unspecified atom stereocenters. The number of amides is 1. The lowest BCUT2D eigenvalue weighted by Gasteiger charge is -2.21. The first kappa shape index (κ1) is 26.9. The zero-order chi connectivity index (χ0) is 25.4. The van der Waals surface area contributed by atoms with Crippen molar-refractivity contribution < 1.29 is 28.9 Å². The molecule has 3 N–H and O–H groups in total. The standard InChI is InChI=1S/C25H35N3O6/c1-24(2,3)33-22(30)20(29)16-32-19-9-7-17(8-10-19)18-11-12-26-21(15-18)27-13-14-28-23(31)34-25(4,5)6/h7-12,15,20,29H,13-14,16H2,1-6H3,(H,26,27)(H,28,31)/t20-/m1/s1. The van der Waals surface area contributed by atoms with Gasteiger partial charge in [-0.25, -0.2) is 14.6 Å². The van der Waals surface area contributed by atoms with E-state index < -0.39 is 29.4 Å². The number of ether oxygens (including phenoxy) is 3. The number of aliphatic hydroxyl groups is 1. The van der Waals surface area contributed by atoms with Gasteiger partial charge in [-0.1, -0.05) is 12.1 Å². The molecule has 1 heterocycles. The van der Waals surface area contributed by atoms with E-state index in [1.165, 1.54) is 0 Å². The van der Waals surface area contributed by atoms with Crippen molar-refractivity contribution in [2.24, 2.45) is 0 Å². The summed E-state index contributed by atoms with van der Waals surface area (Å²) in [5, 5.41) is 15.8. The summed E-state index contributed by atoms with van der Waals surface area (Å²) in [6.45, 7) is 11.3. The molecule has 9 heteroatoms. The summed E-state index contributed by atoms with van der Waals surface area (Å²) in [4.78, 5) is 27.8. The Morgan fingerprint density at radius 1 is 0.941 bits per heavy atom. The van der Waals surface area contributed by atoms with E-state index >= 15 is 0 Å². The summed E-state index contributed by atoms with van der Waals surface area (Å²) in [7, 11) is 0. The summed E-state index contributed by atoms with van der Waals surface area (Å²) in [5.74, 6) is 0.471. The van der Waals surface area contributed by atoms with Crippen LogP contribution in [0.3, 0.4) is 0 Å². The van der Waals surface area contributed by atoms with Crippen LogP contribution < -0.4 is 15.4 Å². The van der Waals surface area contributed by atoms with Gasteiger partial charge in [0.05, 0.1) is 0 Å². The van der Waals surface area contributed by atoms with Crippen LogP contribution in [0.4, 0.5) is 10.6 Å². The normalized spacial score (nSPS) is 12.4. The van der Waals surface area contributed by atoms with Gasteiger partial charge in [-0.15, -0.1) is 0 Å². The molecule has 1 aromatic heterocycles. The Morgan fingerprint density at radius 3 is 2.21 bits per heavy atom. The first-order chi connectivity index (χ1) is 15.8. The van der Waals surface area contributed by atoms with E-state index in [9.17, 15) is 14.7 Å². The van der Waals surface area contributed by atoms with Gasteiger partial charge in [0.25, 0.3) is 0 Å². The summed E-state index contributed by atoms with van der Waals surface area (Å²) in [5.41, 5.74) is 0.675. The average Bonchev–Trinajstić information content (AvgIpc) is 2.73. The SMILES string of the molecule is CC(C)(C)OC(=O)NCCNc1cc(-c2ccc(OC[C@@H](O)C(=O)OC(C)(C)C)cc2)ccn1. The van der Waals surface area contributed by atoms with Crippen LogP contribution in [-0.2, 0) is 14.3 Å². The largest absolute Gasteiger partial charge is 0.490 e. The fourth-order valence-electron chi connectivity index (χ4n) is 2.73. The summed E-state index contributed by atoms with van der Waals surface area (Å²) in [6, 6.07) is 11.0. The molecule has 9 nitrogen and oxygen atoms in total. The summed E-state index contributed by atoms with van der Waals surface area (Å²) < 4.78 is 15.8. The van der Waals surface area contributed by atoms with E-state index in [0.29, 0.717) is 24.7 Å². The van der Waals surface area contributed by atoms with Gasteiger partial charge in [0.15, 0.2) is 6.10 Å². The van der Waals surface area contributed by atoms with Crippen molar-refractivity contribution in [2.45, 2.75) is 58.8 Å². The lowest BCUT2D eigenvalue weighted by Crippen LogP contribution is -2.35. The third kappa shape index (κ3) is 10.1. The molecule has 0 saturated heterocycles. The maximum Gasteiger partial charge on any atom is 0.407 e. The molecule has 0 spiro atoms. The van der Waals surface area contributed by atoms with Gasteiger partial charge in [0.2, 0.25) is 0 Å². The number of pyridine rings is 1. The minimum absolute atomic E-state index is 0.199. The van der Waals surface area contributed by atoms with E-state index in [1.807, 2.05) is 45.0 Å². The van der Waals surface area contributed by atoms with Crippen LogP contribution in [0, 0.1) is 0 Å². The smallest absolute Gasteiger partial charge is 0.407 e. The second-order valence-electron chi connectivity index (χ2n) is 9.67. The number of anilines is 1. The number of carbonyl (C=O) groups is 2. The van der Waals surface area contributed by atoms with E-state index in [2.05, 4.69) is 15.6 Å². The van der Waals surface area contributed by atoms with Crippen molar-refractivity contribution in [3.63, 3.8) is 0 Å². The lowest BCUT2D eigenvalue weighted by atomic mass is 10.1. The highest BCUT2D eigenvalue weighted by Crippen LogP contribution is 2.24. The molecule has 0 aliphatic rings. The Bertz CT molecular complexity index is 948. The van der Waals surface area contributed by atoms with E-state index in [0.717, 1.165) is 11.1 Å². The predicted octanol–water partition coefficient (Wildman–Crippen LogP) is 3.77. The average molecular weight is 474 g/mol. The predicted molar refractivity (Wildman–Crippen MR) is 130 cm³/mol. The number of benzene rings is 1. The third-order valence-electron chi connectivity index (χ3n) is 4.13. The second-order valence-corrected chi connectivity index (χ2v) is 9.67. The number of hydrogen-bond acceptors (Lipinski definition) is 8. The van der Waals surface area contributed by atoms with Gasteiger partial charge in [0, 0.05) is 19.3 Å². The lowest BCUT2D eigenvalue weighted by molar-refractivity contribution is -0.166. The first-order valence-electron chi connectivity index (χ1n) is 11.1. The highest BCUT2D eigenvalue weighted by Gasteiger charge is 2.23. The van der Waals surface area contributed by atoms with Crippen LogP contribution in [0.1, 0.15) is 41.5 Å². The number of nitrogens with zero attached hydrogens (tertiary/aromatic N) is 1. The van der Waals surface area contributed by atoms with Crippen molar-refractivity contribution in [3.8, 4) is 16.9 Å². The van der Waals surface area contributed by atoms with E-state index in [1.54, 1.807) is 39.1 Å². The molecular formula is C25H35N3O6. The van der Waals surface area contributed by atoms with Crippen molar-refractivity contribution in [1.82, 2.24) is 10.3 Å². The Labute approximate surface area is 200 Å². The third-order valence-corrected chi connectivity index (χ3v) is 4.13. The number of carbonyl (C=O) groups excluding carboxylic acids is 2. The number of alkyl carbamates (subject to hydrolysis) is 1. The van der Waals surface area contributed by atoms with Crippen molar-refractivity contribution in [2.75, 3.05) is 25.0 Å². The summed E-state index contributed by atoms with van der Waals surface area (Å²) >= 11 is 0. The van der Waals surface area contributed by atoms with Gasteiger partial charge in [0.1, 0.15) is 29.4 Å². The molecule has 186 valence electrons. The van der Waals surface area contributed by atoms with Crippen molar-refractivity contribution in [1.29, 1.82) is 0 Å². The van der Waals surface area contributed by atoms with Gasteiger partial charge in [-0.05, 0) is 76.9 Å². The molecule has 1 amide bonds. The molecule has 0 aliphatic heterocycles. The molecule has 0 aliphatic carbocycles. The Balaban J connectivity index is 1.85. The molecular weight excluding hydrogens is 438 g/mol. The van der Waals surface area contributed by atoms with Crippen LogP contribution in [0.15, 0.2) is 42.6 Å². The zero-order valence-corrected chi connectivity index (χ0v) is 20.7. The van der Waals surface area contributed by atoms with Gasteiger partial charge in [-0.2, -0.15) is 0 Å². The fraction of sp³-hybridized carbons (Fsp3) is 0.480. The highest BCUT2D eigenvalue weighted by molar-refractivity contribution is 5.75. The van der Waals surface area contributed by atoms with Crippen LogP contribution in [-0.4, -0.2) is 59.2 Å². The van der Waals surface area contributed by atoms with Crippen LogP contribution in [0.2, 0.25) is 0 Å². The Hall–Kier alpha value is -3.33. The monoisotopic (exact) mass is 473 g/mol. The number of nitrogens with one attached hydrogen (secondary N) is 2. The molecule has 0 fully saturated rings. The Kier molecular flexibility index (Phi) is 9.26. The zero-order valence-electron chi connectivity index (χ0n) is 20.7. The second kappa shape index (κ2) is 11.7. The van der Waals surface area contributed by atoms with Crippen LogP contribution >= 0.6 is 0 Å². The summed E-state index contributed by atoms with van der Waals surface area (Å²) in [6.07, 6.45) is -0.130. The molecule has 2 rings (SSSR count).